The number of hydrogen-bond acceptors (Lipinski definition) is 1. The lowest BCUT2D eigenvalue weighted by atomic mass is 9.93. The zero-order valence-electron chi connectivity index (χ0n) is 10.8. The van der Waals surface area contributed by atoms with Crippen LogP contribution in [0, 0.1) is 5.92 Å². The van der Waals surface area contributed by atoms with Crippen LogP contribution in [0.5, 0.6) is 0 Å². The molecular formula is C15H22ClN. The van der Waals surface area contributed by atoms with Gasteiger partial charge in [-0.1, -0.05) is 43.7 Å². The van der Waals surface area contributed by atoms with Gasteiger partial charge in [-0.2, -0.15) is 0 Å². The molecular weight excluding hydrogens is 230 g/mol. The maximum atomic E-state index is 6.37. The number of halogens is 1. The average molecular weight is 252 g/mol. The van der Waals surface area contributed by atoms with Gasteiger partial charge in [0, 0.05) is 24.5 Å². The summed E-state index contributed by atoms with van der Waals surface area (Å²) in [7, 11) is 0. The van der Waals surface area contributed by atoms with Gasteiger partial charge in [0.2, 0.25) is 0 Å². The Balaban J connectivity index is 2.03. The Morgan fingerprint density at radius 2 is 2.06 bits per heavy atom. The second-order valence-electron chi connectivity index (χ2n) is 5.05. The predicted molar refractivity (Wildman–Crippen MR) is 74.5 cm³/mol. The minimum Gasteiger partial charge on any atom is -0.296 e. The zero-order valence-corrected chi connectivity index (χ0v) is 11.5. The zero-order chi connectivity index (χ0) is 12.3. The van der Waals surface area contributed by atoms with Gasteiger partial charge in [0.15, 0.2) is 0 Å². The van der Waals surface area contributed by atoms with E-state index < -0.39 is 0 Å². The molecule has 1 saturated heterocycles. The fourth-order valence-corrected chi connectivity index (χ4v) is 3.07. The summed E-state index contributed by atoms with van der Waals surface area (Å²) in [5.41, 5.74) is 1.41. The maximum Gasteiger partial charge on any atom is 0.0388 e. The Kier molecular flexibility index (Phi) is 4.47. The first-order valence-electron chi connectivity index (χ1n) is 6.65. The van der Waals surface area contributed by atoms with E-state index in [9.17, 15) is 0 Å². The van der Waals surface area contributed by atoms with Crippen molar-refractivity contribution >= 4 is 11.6 Å². The predicted octanol–water partition coefficient (Wildman–Crippen LogP) is 4.09. The highest BCUT2D eigenvalue weighted by Crippen LogP contribution is 2.30. The van der Waals surface area contributed by atoms with Crippen molar-refractivity contribution in [2.45, 2.75) is 38.1 Å². The van der Waals surface area contributed by atoms with Crippen molar-refractivity contribution in [1.82, 2.24) is 4.90 Å². The number of nitrogens with zero attached hydrogens (tertiary/aromatic N) is 1. The van der Waals surface area contributed by atoms with Gasteiger partial charge >= 0.3 is 0 Å². The van der Waals surface area contributed by atoms with E-state index in [2.05, 4.69) is 49.1 Å². The van der Waals surface area contributed by atoms with Gasteiger partial charge in [-0.15, -0.1) is 11.6 Å². The first-order chi connectivity index (χ1) is 8.22. The van der Waals surface area contributed by atoms with Gasteiger partial charge in [0.05, 0.1) is 0 Å². The van der Waals surface area contributed by atoms with Gasteiger partial charge in [-0.25, -0.2) is 0 Å². The number of likely N-dealkylation sites (tertiary alicyclic amines) is 1. The molecule has 1 aromatic carbocycles. The molecule has 0 bridgehead atoms. The van der Waals surface area contributed by atoms with Crippen molar-refractivity contribution in [2.75, 3.05) is 13.1 Å². The molecule has 0 radical (unpaired) electrons. The fraction of sp³-hybridized carbons (Fsp3) is 0.600. The van der Waals surface area contributed by atoms with Gasteiger partial charge < -0.3 is 0 Å². The van der Waals surface area contributed by atoms with Crippen molar-refractivity contribution in [2.24, 2.45) is 5.92 Å². The highest BCUT2D eigenvalue weighted by molar-refractivity contribution is 6.20. The number of piperidine rings is 1. The van der Waals surface area contributed by atoms with Gasteiger partial charge in [-0.3, -0.25) is 4.90 Å². The van der Waals surface area contributed by atoms with E-state index in [0.717, 1.165) is 19.5 Å². The third kappa shape index (κ3) is 3.02. The van der Waals surface area contributed by atoms with Crippen molar-refractivity contribution < 1.29 is 0 Å². The quantitative estimate of drug-likeness (QED) is 0.732. The molecule has 0 amide bonds. The van der Waals surface area contributed by atoms with Crippen LogP contribution in [0.1, 0.15) is 38.3 Å². The summed E-state index contributed by atoms with van der Waals surface area (Å²) in [6, 6.07) is 11.3. The van der Waals surface area contributed by atoms with E-state index in [0.29, 0.717) is 17.3 Å². The van der Waals surface area contributed by atoms with Crippen LogP contribution in [0.25, 0.3) is 0 Å². The van der Waals surface area contributed by atoms with E-state index >= 15 is 0 Å². The van der Waals surface area contributed by atoms with Crippen LogP contribution < -0.4 is 0 Å². The Labute approximate surface area is 110 Å². The SMILES string of the molecule is CCC1CN(C(C)c2ccccc2)CCC1Cl. The lowest BCUT2D eigenvalue weighted by Crippen LogP contribution is -2.42. The van der Waals surface area contributed by atoms with E-state index in [1.54, 1.807) is 0 Å². The molecule has 1 heterocycles. The van der Waals surface area contributed by atoms with E-state index in [-0.39, 0.29) is 0 Å². The molecule has 2 rings (SSSR count). The number of rotatable bonds is 3. The maximum absolute atomic E-state index is 6.37. The molecule has 0 spiro atoms. The van der Waals surface area contributed by atoms with Crippen LogP contribution in [0.4, 0.5) is 0 Å². The highest BCUT2D eigenvalue weighted by Gasteiger charge is 2.29. The van der Waals surface area contributed by atoms with Gasteiger partial charge in [0.1, 0.15) is 0 Å². The molecule has 94 valence electrons. The minimum atomic E-state index is 0.374. The molecule has 0 aliphatic carbocycles. The van der Waals surface area contributed by atoms with E-state index in [1.165, 1.54) is 12.0 Å². The fourth-order valence-electron chi connectivity index (χ4n) is 2.71. The van der Waals surface area contributed by atoms with E-state index in [4.69, 9.17) is 11.6 Å². The molecule has 0 N–H and O–H groups in total. The van der Waals surface area contributed by atoms with Crippen LogP contribution >= 0.6 is 11.6 Å². The lowest BCUT2D eigenvalue weighted by Gasteiger charge is -2.39. The topological polar surface area (TPSA) is 3.24 Å². The Morgan fingerprint density at radius 1 is 1.35 bits per heavy atom. The molecule has 3 unspecified atom stereocenters. The molecule has 17 heavy (non-hydrogen) atoms. The molecule has 1 nitrogen and oxygen atoms in total. The molecule has 1 fully saturated rings. The molecule has 0 aromatic heterocycles. The Bertz CT molecular complexity index is 338. The molecule has 1 aliphatic heterocycles. The summed E-state index contributed by atoms with van der Waals surface area (Å²) in [5.74, 6) is 0.650. The summed E-state index contributed by atoms with van der Waals surface area (Å²) >= 11 is 6.37. The largest absolute Gasteiger partial charge is 0.296 e. The Hall–Kier alpha value is -0.530. The van der Waals surface area contributed by atoms with Crippen molar-refractivity contribution in [3.63, 3.8) is 0 Å². The first kappa shape index (κ1) is 12.9. The van der Waals surface area contributed by atoms with Crippen LogP contribution in [0.3, 0.4) is 0 Å². The second-order valence-corrected chi connectivity index (χ2v) is 5.62. The molecule has 0 saturated carbocycles. The number of benzene rings is 1. The van der Waals surface area contributed by atoms with Crippen LogP contribution in [-0.2, 0) is 0 Å². The standard InChI is InChI=1S/C15H22ClN/c1-3-13-11-17(10-9-15(13)16)12(2)14-7-5-4-6-8-14/h4-8,12-13,15H,3,9-11H2,1-2H3. The molecule has 1 aromatic rings. The van der Waals surface area contributed by atoms with Gasteiger partial charge in [-0.05, 0) is 24.8 Å². The van der Waals surface area contributed by atoms with E-state index in [1.807, 2.05) is 0 Å². The monoisotopic (exact) mass is 251 g/mol. The summed E-state index contributed by atoms with van der Waals surface area (Å²) in [6.45, 7) is 6.81. The van der Waals surface area contributed by atoms with Gasteiger partial charge in [0.25, 0.3) is 0 Å². The third-order valence-electron chi connectivity index (χ3n) is 4.03. The third-order valence-corrected chi connectivity index (χ3v) is 4.60. The smallest absolute Gasteiger partial charge is 0.0388 e. The van der Waals surface area contributed by atoms with Crippen molar-refractivity contribution in [1.29, 1.82) is 0 Å². The summed E-state index contributed by atoms with van der Waals surface area (Å²) in [6.07, 6.45) is 2.31. The summed E-state index contributed by atoms with van der Waals surface area (Å²) in [5, 5.41) is 0.374. The normalized spacial score (nSPS) is 27.9. The molecule has 3 atom stereocenters. The highest BCUT2D eigenvalue weighted by atomic mass is 35.5. The number of alkyl halides is 1. The van der Waals surface area contributed by atoms with Crippen LogP contribution in [0.2, 0.25) is 0 Å². The minimum absolute atomic E-state index is 0.374. The Morgan fingerprint density at radius 3 is 2.71 bits per heavy atom. The summed E-state index contributed by atoms with van der Waals surface area (Å²) in [4.78, 5) is 2.57. The first-order valence-corrected chi connectivity index (χ1v) is 7.09. The van der Waals surface area contributed by atoms with Crippen molar-refractivity contribution in [3.8, 4) is 0 Å². The lowest BCUT2D eigenvalue weighted by molar-refractivity contribution is 0.132. The molecule has 2 heteroatoms. The number of hydrogen-bond donors (Lipinski definition) is 0. The van der Waals surface area contributed by atoms with Crippen LogP contribution in [0.15, 0.2) is 30.3 Å². The average Bonchev–Trinajstić information content (AvgIpc) is 2.39. The van der Waals surface area contributed by atoms with Crippen LogP contribution in [-0.4, -0.2) is 23.4 Å². The summed E-state index contributed by atoms with van der Waals surface area (Å²) < 4.78 is 0. The van der Waals surface area contributed by atoms with Crippen molar-refractivity contribution in [3.05, 3.63) is 35.9 Å². The second kappa shape index (κ2) is 5.88. The molecule has 1 aliphatic rings.